The van der Waals surface area contributed by atoms with E-state index in [9.17, 15) is 10.1 Å². The molecule has 98 valence electrons. The van der Waals surface area contributed by atoms with E-state index in [0.717, 1.165) is 22.5 Å². The Labute approximate surface area is 111 Å². The third-order valence-corrected chi connectivity index (χ3v) is 3.00. The van der Waals surface area contributed by atoms with Crippen molar-refractivity contribution in [3.05, 3.63) is 63.5 Å². The lowest BCUT2D eigenvalue weighted by Gasteiger charge is -2.10. The lowest BCUT2D eigenvalue weighted by atomic mass is 10.1. The number of nitro groups is 1. The number of aromatic nitrogens is 1. The fourth-order valence-corrected chi connectivity index (χ4v) is 1.80. The van der Waals surface area contributed by atoms with Crippen molar-refractivity contribution < 1.29 is 4.92 Å². The van der Waals surface area contributed by atoms with Gasteiger partial charge in [0.25, 0.3) is 5.69 Å². The second-order valence-corrected chi connectivity index (χ2v) is 4.38. The largest absolute Gasteiger partial charge is 0.379 e. The maximum atomic E-state index is 10.8. The number of rotatable bonds is 4. The monoisotopic (exact) mass is 257 g/mol. The Hall–Kier alpha value is -2.43. The van der Waals surface area contributed by atoms with Gasteiger partial charge >= 0.3 is 0 Å². The van der Waals surface area contributed by atoms with Crippen molar-refractivity contribution in [3.8, 4) is 0 Å². The molecule has 0 amide bonds. The maximum Gasteiger partial charge on any atom is 0.271 e. The predicted molar refractivity (Wildman–Crippen MR) is 74.1 cm³/mol. The van der Waals surface area contributed by atoms with Gasteiger partial charge in [0.1, 0.15) is 0 Å². The van der Waals surface area contributed by atoms with Crippen LogP contribution < -0.4 is 5.32 Å². The van der Waals surface area contributed by atoms with Crippen molar-refractivity contribution >= 4 is 11.4 Å². The molecule has 0 atom stereocenters. The van der Waals surface area contributed by atoms with Gasteiger partial charge < -0.3 is 5.32 Å². The van der Waals surface area contributed by atoms with Crippen molar-refractivity contribution in [3.63, 3.8) is 0 Å². The third-order valence-electron chi connectivity index (χ3n) is 3.00. The van der Waals surface area contributed by atoms with Crippen molar-refractivity contribution in [2.24, 2.45) is 0 Å². The Morgan fingerprint density at radius 1 is 1.26 bits per heavy atom. The first kappa shape index (κ1) is 13.0. The molecule has 0 saturated carbocycles. The molecular weight excluding hydrogens is 242 g/mol. The minimum atomic E-state index is -0.392. The normalized spacial score (nSPS) is 10.2. The molecule has 2 aromatic rings. The van der Waals surface area contributed by atoms with E-state index in [4.69, 9.17) is 0 Å². The van der Waals surface area contributed by atoms with Crippen molar-refractivity contribution in [1.29, 1.82) is 0 Å². The fraction of sp³-hybridized carbons (Fsp3) is 0.214. The third kappa shape index (κ3) is 3.07. The summed E-state index contributed by atoms with van der Waals surface area (Å²) in [4.78, 5) is 14.7. The van der Waals surface area contributed by atoms with Gasteiger partial charge in [-0.1, -0.05) is 12.1 Å². The first-order valence-corrected chi connectivity index (χ1v) is 5.97. The topological polar surface area (TPSA) is 68.1 Å². The van der Waals surface area contributed by atoms with Crippen LogP contribution in [-0.4, -0.2) is 9.91 Å². The zero-order chi connectivity index (χ0) is 13.8. The molecule has 0 bridgehead atoms. The van der Waals surface area contributed by atoms with Gasteiger partial charge in [-0.05, 0) is 31.0 Å². The van der Waals surface area contributed by atoms with Crippen molar-refractivity contribution in [1.82, 2.24) is 4.98 Å². The molecule has 1 aromatic carbocycles. The fourth-order valence-electron chi connectivity index (χ4n) is 1.80. The zero-order valence-electron chi connectivity index (χ0n) is 10.9. The van der Waals surface area contributed by atoms with Crippen LogP contribution in [0.3, 0.4) is 0 Å². The van der Waals surface area contributed by atoms with E-state index in [2.05, 4.69) is 10.3 Å². The Morgan fingerprint density at radius 3 is 2.74 bits per heavy atom. The number of nitrogens with zero attached hydrogens (tertiary/aromatic N) is 2. The molecule has 0 fully saturated rings. The zero-order valence-corrected chi connectivity index (χ0v) is 10.9. The van der Waals surface area contributed by atoms with E-state index in [1.54, 1.807) is 18.3 Å². The number of anilines is 1. The Bertz CT molecular complexity index is 611. The minimum Gasteiger partial charge on any atom is -0.379 e. The highest BCUT2D eigenvalue weighted by atomic mass is 16.6. The van der Waals surface area contributed by atoms with Crippen LogP contribution in [0.15, 0.2) is 36.5 Å². The highest BCUT2D eigenvalue weighted by molar-refractivity contribution is 5.56. The SMILES string of the molecule is Cc1ccc([N+](=O)[O-])cc1NCc1ncccc1C. The predicted octanol–water partition coefficient (Wildman–Crippen LogP) is 3.22. The molecule has 0 aliphatic rings. The second kappa shape index (κ2) is 5.48. The van der Waals surface area contributed by atoms with E-state index < -0.39 is 4.92 Å². The van der Waals surface area contributed by atoms with Crippen LogP contribution in [0, 0.1) is 24.0 Å². The molecule has 1 aromatic heterocycles. The number of aryl methyl sites for hydroxylation is 2. The molecule has 0 aliphatic heterocycles. The lowest BCUT2D eigenvalue weighted by molar-refractivity contribution is -0.384. The summed E-state index contributed by atoms with van der Waals surface area (Å²) in [5.74, 6) is 0. The summed E-state index contributed by atoms with van der Waals surface area (Å²) >= 11 is 0. The average molecular weight is 257 g/mol. The average Bonchev–Trinajstić information content (AvgIpc) is 2.39. The number of nitrogens with one attached hydrogen (secondary N) is 1. The standard InChI is InChI=1S/C14H15N3O2/c1-10-4-3-7-15-14(10)9-16-13-8-12(17(18)19)6-5-11(13)2/h3-8,16H,9H2,1-2H3. The lowest BCUT2D eigenvalue weighted by Crippen LogP contribution is -2.05. The van der Waals surface area contributed by atoms with Gasteiger partial charge in [0.05, 0.1) is 17.2 Å². The summed E-state index contributed by atoms with van der Waals surface area (Å²) in [6, 6.07) is 8.67. The summed E-state index contributed by atoms with van der Waals surface area (Å²) in [6.07, 6.45) is 1.74. The smallest absolute Gasteiger partial charge is 0.271 e. The molecule has 0 aliphatic carbocycles. The molecule has 1 N–H and O–H groups in total. The van der Waals surface area contributed by atoms with Gasteiger partial charge in [-0.2, -0.15) is 0 Å². The van der Waals surface area contributed by atoms with Crippen LogP contribution in [-0.2, 0) is 6.54 Å². The van der Waals surface area contributed by atoms with Crippen LogP contribution in [0.5, 0.6) is 0 Å². The van der Waals surface area contributed by atoms with E-state index in [1.165, 1.54) is 6.07 Å². The Balaban J connectivity index is 2.17. The summed E-state index contributed by atoms with van der Waals surface area (Å²) in [6.45, 7) is 4.45. The first-order chi connectivity index (χ1) is 9.08. The van der Waals surface area contributed by atoms with Crippen molar-refractivity contribution in [2.45, 2.75) is 20.4 Å². The molecule has 19 heavy (non-hydrogen) atoms. The molecule has 0 radical (unpaired) electrons. The van der Waals surface area contributed by atoms with Gasteiger partial charge in [0.2, 0.25) is 0 Å². The van der Waals surface area contributed by atoms with E-state index >= 15 is 0 Å². The molecule has 1 heterocycles. The molecule has 2 rings (SSSR count). The van der Waals surface area contributed by atoms with E-state index in [-0.39, 0.29) is 5.69 Å². The van der Waals surface area contributed by atoms with Crippen LogP contribution >= 0.6 is 0 Å². The van der Waals surface area contributed by atoms with Gasteiger partial charge in [-0.15, -0.1) is 0 Å². The highest BCUT2D eigenvalue weighted by Gasteiger charge is 2.08. The number of nitro benzene ring substituents is 1. The van der Waals surface area contributed by atoms with Crippen LogP contribution in [0.4, 0.5) is 11.4 Å². The summed E-state index contributed by atoms with van der Waals surface area (Å²) in [5.41, 5.74) is 3.86. The Morgan fingerprint density at radius 2 is 2.05 bits per heavy atom. The summed E-state index contributed by atoms with van der Waals surface area (Å²) in [5, 5.41) is 14.0. The van der Waals surface area contributed by atoms with Gasteiger partial charge in [-0.3, -0.25) is 15.1 Å². The number of hydrogen-bond donors (Lipinski definition) is 1. The van der Waals surface area contributed by atoms with Crippen molar-refractivity contribution in [2.75, 3.05) is 5.32 Å². The summed E-state index contributed by atoms with van der Waals surface area (Å²) in [7, 11) is 0. The first-order valence-electron chi connectivity index (χ1n) is 5.97. The molecule has 0 spiro atoms. The number of pyridine rings is 1. The quantitative estimate of drug-likeness (QED) is 0.674. The molecule has 5 heteroatoms. The van der Waals surface area contributed by atoms with Gasteiger partial charge in [0, 0.05) is 24.0 Å². The molecular formula is C14H15N3O2. The molecule has 0 unspecified atom stereocenters. The molecule has 0 saturated heterocycles. The maximum absolute atomic E-state index is 10.8. The molecule has 5 nitrogen and oxygen atoms in total. The van der Waals surface area contributed by atoms with Crippen LogP contribution in [0.2, 0.25) is 0 Å². The minimum absolute atomic E-state index is 0.0887. The van der Waals surface area contributed by atoms with E-state index in [0.29, 0.717) is 6.54 Å². The Kier molecular flexibility index (Phi) is 3.75. The highest BCUT2D eigenvalue weighted by Crippen LogP contribution is 2.22. The number of hydrogen-bond acceptors (Lipinski definition) is 4. The van der Waals surface area contributed by atoms with Gasteiger partial charge in [0.15, 0.2) is 0 Å². The van der Waals surface area contributed by atoms with Crippen LogP contribution in [0.1, 0.15) is 16.8 Å². The van der Waals surface area contributed by atoms with E-state index in [1.807, 2.05) is 26.0 Å². The number of non-ortho nitro benzene ring substituents is 1. The second-order valence-electron chi connectivity index (χ2n) is 4.38. The van der Waals surface area contributed by atoms with Gasteiger partial charge in [-0.25, -0.2) is 0 Å². The van der Waals surface area contributed by atoms with Crippen LogP contribution in [0.25, 0.3) is 0 Å². The number of benzene rings is 1. The summed E-state index contributed by atoms with van der Waals surface area (Å²) < 4.78 is 0.